The van der Waals surface area contributed by atoms with Crippen LogP contribution in [-0.2, 0) is 6.61 Å². The van der Waals surface area contributed by atoms with Crippen molar-refractivity contribution in [2.24, 2.45) is 5.10 Å². The van der Waals surface area contributed by atoms with E-state index in [1.54, 1.807) is 6.21 Å². The molecular weight excluding hydrogens is 484 g/mol. The summed E-state index contributed by atoms with van der Waals surface area (Å²) in [4.78, 5) is 13.0. The maximum Gasteiger partial charge on any atom is 0.283 e. The van der Waals surface area contributed by atoms with Crippen LogP contribution >= 0.6 is 38.9 Å². The van der Waals surface area contributed by atoms with E-state index in [2.05, 4.69) is 26.5 Å². The number of rotatable bonds is 6. The monoisotopic (exact) mass is 498 g/mol. The van der Waals surface area contributed by atoms with E-state index < -0.39 is 0 Å². The van der Waals surface area contributed by atoms with E-state index in [0.717, 1.165) is 25.7 Å². The lowest BCUT2D eigenvalue weighted by Crippen LogP contribution is -2.16. The number of hydrogen-bond acceptors (Lipinski definition) is 4. The molecule has 0 saturated heterocycles. The lowest BCUT2D eigenvalue weighted by Gasteiger charge is -2.09. The van der Waals surface area contributed by atoms with Gasteiger partial charge in [-0.15, -0.1) is 11.3 Å². The van der Waals surface area contributed by atoms with E-state index in [0.29, 0.717) is 22.3 Å². The molecule has 30 heavy (non-hydrogen) atoms. The highest BCUT2D eigenvalue weighted by atomic mass is 79.9. The van der Waals surface area contributed by atoms with Gasteiger partial charge in [-0.2, -0.15) is 5.10 Å². The maximum atomic E-state index is 12.5. The van der Waals surface area contributed by atoms with E-state index in [1.165, 1.54) is 11.3 Å². The summed E-state index contributed by atoms with van der Waals surface area (Å²) in [6.45, 7) is 0.438. The van der Waals surface area contributed by atoms with Gasteiger partial charge in [-0.25, -0.2) is 5.43 Å². The molecule has 0 aliphatic carbocycles. The fourth-order valence-corrected chi connectivity index (χ4v) is 4.64. The van der Waals surface area contributed by atoms with Crippen LogP contribution < -0.4 is 10.2 Å². The molecule has 3 aromatic carbocycles. The molecule has 1 N–H and O–H groups in total. The van der Waals surface area contributed by atoms with Gasteiger partial charge in [-0.3, -0.25) is 4.79 Å². The summed E-state index contributed by atoms with van der Waals surface area (Å²) in [5.74, 6) is 0.319. The molecule has 0 aliphatic heterocycles. The molecular formula is C23H16BrClN2O2S. The number of carbonyl (C=O) groups excluding carboxylic acids is 1. The maximum absolute atomic E-state index is 12.5. The van der Waals surface area contributed by atoms with Crippen LogP contribution in [0.1, 0.15) is 20.8 Å². The van der Waals surface area contributed by atoms with Crippen molar-refractivity contribution in [3.05, 3.63) is 98.3 Å². The molecule has 150 valence electrons. The van der Waals surface area contributed by atoms with Crippen LogP contribution in [0, 0.1) is 0 Å². The third kappa shape index (κ3) is 4.73. The second-order valence-corrected chi connectivity index (χ2v) is 8.74. The second kappa shape index (κ2) is 9.43. The molecule has 0 aliphatic rings. The van der Waals surface area contributed by atoms with Crippen LogP contribution in [0.15, 0.2) is 82.4 Å². The van der Waals surface area contributed by atoms with E-state index in [4.69, 9.17) is 16.3 Å². The minimum atomic E-state index is -0.348. The van der Waals surface area contributed by atoms with Gasteiger partial charge in [0.05, 0.1) is 11.2 Å². The van der Waals surface area contributed by atoms with Crippen molar-refractivity contribution in [2.75, 3.05) is 0 Å². The van der Waals surface area contributed by atoms with Crippen LogP contribution in [-0.4, -0.2) is 12.1 Å². The Kier molecular flexibility index (Phi) is 6.47. The van der Waals surface area contributed by atoms with Crippen LogP contribution in [0.5, 0.6) is 5.75 Å². The number of nitrogens with zero attached hydrogens (tertiary/aromatic N) is 1. The summed E-state index contributed by atoms with van der Waals surface area (Å²) in [6, 6.07) is 23.2. The zero-order valence-electron chi connectivity index (χ0n) is 15.6. The predicted octanol–water partition coefficient (Wildman–Crippen LogP) is 6.66. The molecule has 0 fully saturated rings. The highest BCUT2D eigenvalue weighted by Crippen LogP contribution is 2.35. The first kappa shape index (κ1) is 20.6. The number of carbonyl (C=O) groups is 1. The lowest BCUT2D eigenvalue weighted by atomic mass is 10.2. The molecule has 1 aromatic heterocycles. The zero-order chi connectivity index (χ0) is 20.9. The molecule has 0 atom stereocenters. The molecule has 0 radical (unpaired) electrons. The van der Waals surface area contributed by atoms with Gasteiger partial charge in [0.2, 0.25) is 0 Å². The number of amides is 1. The van der Waals surface area contributed by atoms with Crippen molar-refractivity contribution in [3.8, 4) is 5.75 Å². The lowest BCUT2D eigenvalue weighted by molar-refractivity contribution is 0.0959. The average molecular weight is 500 g/mol. The summed E-state index contributed by atoms with van der Waals surface area (Å²) in [5, 5.41) is 5.41. The number of fused-ring (bicyclic) bond motifs is 1. The van der Waals surface area contributed by atoms with Crippen LogP contribution in [0.25, 0.3) is 10.1 Å². The van der Waals surface area contributed by atoms with E-state index >= 15 is 0 Å². The Labute approximate surface area is 191 Å². The number of ether oxygens (including phenoxy) is 1. The molecule has 7 heteroatoms. The van der Waals surface area contributed by atoms with Crippen LogP contribution in [0.4, 0.5) is 0 Å². The fraction of sp³-hybridized carbons (Fsp3) is 0.0435. The highest BCUT2D eigenvalue weighted by molar-refractivity contribution is 9.10. The van der Waals surface area contributed by atoms with Crippen LogP contribution in [0.2, 0.25) is 5.02 Å². The van der Waals surface area contributed by atoms with E-state index in [-0.39, 0.29) is 5.91 Å². The average Bonchev–Trinajstić information content (AvgIpc) is 3.11. The Bertz CT molecular complexity index is 1220. The van der Waals surface area contributed by atoms with Crippen molar-refractivity contribution >= 4 is 61.1 Å². The van der Waals surface area contributed by atoms with Gasteiger partial charge in [-0.05, 0) is 29.8 Å². The molecule has 0 bridgehead atoms. The third-order valence-electron chi connectivity index (χ3n) is 4.32. The molecule has 0 unspecified atom stereocenters. The number of benzene rings is 3. The Morgan fingerprint density at radius 1 is 1.10 bits per heavy atom. The number of thiophene rings is 1. The third-order valence-corrected chi connectivity index (χ3v) is 6.49. The topological polar surface area (TPSA) is 50.7 Å². The van der Waals surface area contributed by atoms with Crippen molar-refractivity contribution in [1.29, 1.82) is 0 Å². The van der Waals surface area contributed by atoms with Crippen LogP contribution in [0.3, 0.4) is 0 Å². The number of hydrogen-bond donors (Lipinski definition) is 1. The Hall–Kier alpha value is -2.67. The summed E-state index contributed by atoms with van der Waals surface area (Å²) in [5.41, 5.74) is 4.36. The molecule has 0 spiro atoms. The number of hydrazone groups is 1. The summed E-state index contributed by atoms with van der Waals surface area (Å²) >= 11 is 11.2. The summed E-state index contributed by atoms with van der Waals surface area (Å²) in [6.07, 6.45) is 1.56. The standard InChI is InChI=1S/C23H16BrClN2O2S/c24-17-10-11-19(29-14-15-6-2-1-3-7-15)16(12-17)13-26-27-23(28)22-21(25)18-8-4-5-9-20(18)30-22/h1-13H,14H2,(H,27,28)/b26-13-. The Morgan fingerprint density at radius 2 is 1.87 bits per heavy atom. The van der Waals surface area contributed by atoms with E-state index in [1.807, 2.05) is 72.8 Å². The number of nitrogens with one attached hydrogen (secondary N) is 1. The van der Waals surface area contributed by atoms with Gasteiger partial charge >= 0.3 is 0 Å². The van der Waals surface area contributed by atoms with Gasteiger partial charge in [0, 0.05) is 20.1 Å². The minimum Gasteiger partial charge on any atom is -0.488 e. The smallest absolute Gasteiger partial charge is 0.283 e. The van der Waals surface area contributed by atoms with Gasteiger partial charge in [0.1, 0.15) is 17.2 Å². The van der Waals surface area contributed by atoms with Crippen molar-refractivity contribution in [2.45, 2.75) is 6.61 Å². The Balaban J connectivity index is 1.48. The summed E-state index contributed by atoms with van der Waals surface area (Å²) < 4.78 is 7.78. The molecule has 0 saturated carbocycles. The van der Waals surface area contributed by atoms with Gasteiger partial charge in [-0.1, -0.05) is 76.1 Å². The zero-order valence-corrected chi connectivity index (χ0v) is 18.8. The molecule has 1 amide bonds. The minimum absolute atomic E-state index is 0.348. The normalized spacial score (nSPS) is 11.1. The largest absolute Gasteiger partial charge is 0.488 e. The van der Waals surface area contributed by atoms with Crippen molar-refractivity contribution in [3.63, 3.8) is 0 Å². The molecule has 4 nitrogen and oxygen atoms in total. The molecule has 4 rings (SSSR count). The van der Waals surface area contributed by atoms with Crippen molar-refractivity contribution in [1.82, 2.24) is 5.43 Å². The van der Waals surface area contributed by atoms with Gasteiger partial charge < -0.3 is 4.74 Å². The first-order chi connectivity index (χ1) is 14.6. The van der Waals surface area contributed by atoms with Crippen molar-refractivity contribution < 1.29 is 9.53 Å². The van der Waals surface area contributed by atoms with Gasteiger partial charge in [0.25, 0.3) is 5.91 Å². The highest BCUT2D eigenvalue weighted by Gasteiger charge is 2.16. The Morgan fingerprint density at radius 3 is 2.67 bits per heavy atom. The number of halogens is 2. The molecule has 1 heterocycles. The predicted molar refractivity (Wildman–Crippen MR) is 127 cm³/mol. The first-order valence-corrected chi connectivity index (χ1v) is 11.1. The fourth-order valence-electron chi connectivity index (χ4n) is 2.86. The first-order valence-electron chi connectivity index (χ1n) is 9.08. The second-order valence-electron chi connectivity index (χ2n) is 6.40. The van der Waals surface area contributed by atoms with Gasteiger partial charge in [0.15, 0.2) is 0 Å². The quantitative estimate of drug-likeness (QED) is 0.238. The summed E-state index contributed by atoms with van der Waals surface area (Å²) in [7, 11) is 0. The molecule has 4 aromatic rings. The van der Waals surface area contributed by atoms with E-state index in [9.17, 15) is 4.79 Å². The SMILES string of the molecule is O=C(N/N=C\c1cc(Br)ccc1OCc1ccccc1)c1sc2ccccc2c1Cl.